The van der Waals surface area contributed by atoms with Crippen LogP contribution in [0.5, 0.6) is 57.5 Å². The zero-order valence-corrected chi connectivity index (χ0v) is 42.3. The highest BCUT2D eigenvalue weighted by molar-refractivity contribution is 6.11. The molecular weight excluding hydrogens is 1090 g/mol. The molecule has 4 aliphatic heterocycles. The minimum absolute atomic E-state index is 0.0203. The van der Waals surface area contributed by atoms with Gasteiger partial charge in [-0.05, 0) is 67.8 Å². The molecule has 6 heterocycles. The lowest BCUT2D eigenvalue weighted by Crippen LogP contribution is -2.64. The molecule has 2 fully saturated rings. The van der Waals surface area contributed by atoms with Gasteiger partial charge in [0.25, 0.3) is 41.4 Å². The smallest absolute Gasteiger partial charge is 0.291 e. The molecule has 2 aromatic heterocycles. The lowest BCUT2D eigenvalue weighted by Gasteiger charge is -2.44. The number of carbonyl (C=O) groups excluding carboxylic acids is 6. The predicted molar refractivity (Wildman–Crippen MR) is 272 cm³/mol. The summed E-state index contributed by atoms with van der Waals surface area (Å²) in [6, 6.07) is 9.87. The normalized spacial score (nSPS) is 18.4. The van der Waals surface area contributed by atoms with Crippen LogP contribution in [0.2, 0.25) is 0 Å². The van der Waals surface area contributed by atoms with Crippen molar-refractivity contribution in [1.82, 2.24) is 19.6 Å². The van der Waals surface area contributed by atoms with Crippen molar-refractivity contribution in [2.45, 2.75) is 56.1 Å². The Labute approximate surface area is 457 Å². The number of methoxy groups -OCH3 is 1. The second-order valence-electron chi connectivity index (χ2n) is 19.4. The maximum atomic E-state index is 14.3. The molecule has 0 aliphatic carbocycles. The number of aromatic nitrogens is 4. The first-order chi connectivity index (χ1) is 38.5. The Morgan fingerprint density at radius 2 is 0.976 bits per heavy atom. The summed E-state index contributed by atoms with van der Waals surface area (Å²) >= 11 is 0. The Morgan fingerprint density at radius 1 is 0.573 bits per heavy atom. The number of rotatable bonds is 12. The van der Waals surface area contributed by atoms with Crippen LogP contribution in [-0.4, -0.2) is 171 Å². The van der Waals surface area contributed by atoms with Gasteiger partial charge in [0.05, 0.1) is 19.6 Å². The summed E-state index contributed by atoms with van der Waals surface area (Å²) < 4.78 is 11.6. The van der Waals surface area contributed by atoms with Gasteiger partial charge < -0.3 is 102 Å². The van der Waals surface area contributed by atoms with Crippen LogP contribution in [0.4, 0.5) is 22.7 Å². The Balaban J connectivity index is 0.893. The zero-order valence-electron chi connectivity index (χ0n) is 42.3. The van der Waals surface area contributed by atoms with Crippen LogP contribution in [0.1, 0.15) is 78.8 Å². The SMILES string of the molecule is COc1c(O)c(O)c(-n2nc(C(N)=O)c3c2C(=O)N(c2ccc(N4C(=O)CCC(COc5c(O)c(O)c(-n6nc(C(N)=O)c7c6C(=O)N(c6ccc(N8C(=O)C(O)(O)CCC8(O)O)cc6)CC7)c(O)c5O)C4(O)O)cc2)CC3)c(O)c1O. The molecule has 0 bridgehead atoms. The van der Waals surface area contributed by atoms with Gasteiger partial charge in [-0.3, -0.25) is 38.6 Å². The largest absolute Gasteiger partial charge is 0.503 e. The highest BCUT2D eigenvalue weighted by Crippen LogP contribution is 2.55. The van der Waals surface area contributed by atoms with E-state index in [-0.39, 0.29) is 72.6 Å². The Morgan fingerprint density at radius 3 is 1.39 bits per heavy atom. The Kier molecular flexibility index (Phi) is 13.0. The molecule has 4 aliphatic rings. The Bertz CT molecular complexity index is 3680. The minimum atomic E-state index is -3.12. The molecule has 2 saturated heterocycles. The van der Waals surface area contributed by atoms with Crippen LogP contribution in [0.15, 0.2) is 48.5 Å². The van der Waals surface area contributed by atoms with E-state index >= 15 is 0 Å². The lowest BCUT2D eigenvalue weighted by molar-refractivity contribution is -0.237. The maximum Gasteiger partial charge on any atom is 0.291 e. The van der Waals surface area contributed by atoms with Crippen LogP contribution in [0.25, 0.3) is 11.4 Å². The van der Waals surface area contributed by atoms with E-state index in [1.807, 2.05) is 0 Å². The van der Waals surface area contributed by atoms with Crippen LogP contribution in [-0.2, 0) is 22.4 Å². The Hall–Kier alpha value is -10.1. The summed E-state index contributed by atoms with van der Waals surface area (Å²) in [5.41, 5.74) is 7.14. The monoisotopic (exact) mass is 1140 g/mol. The molecule has 18 N–H and O–H groups in total. The van der Waals surface area contributed by atoms with Crippen molar-refractivity contribution >= 4 is 58.2 Å². The number of amides is 6. The standard InChI is InChI=1S/C50H48N10O22/c1-81-41-37(66)33(62)31(34(63)38(41)67)59-29-24(27(53-59)43(51)70)12-16-55(45(29)72)20-3-7-22(8-4-20)57-26(61)11-2-19(50(57,79)80)18-82-42-39(68)35(64)32(36(65)40(42)69)60-30-25(28(54-60)44(52)71)13-17-56(46(30)73)21-5-9-23(10-6-21)58-47(74)48(75,76)14-15-49(58,77)78/h3-10,19,62-69,75-80H,2,11-18H2,1H3,(H2,51,70)(H2,52,71). The number of hydrogen-bond acceptors (Lipinski definition) is 24. The van der Waals surface area contributed by atoms with Crippen molar-refractivity contribution in [2.75, 3.05) is 46.4 Å². The lowest BCUT2D eigenvalue weighted by atomic mass is 9.92. The van der Waals surface area contributed by atoms with Crippen LogP contribution < -0.4 is 40.5 Å². The fraction of sp³-hybridized carbons (Fsp3) is 0.280. The fourth-order valence-corrected chi connectivity index (χ4v) is 10.5. The molecule has 4 aromatic carbocycles. The average Bonchev–Trinajstić information content (AvgIpc) is 4.12. The van der Waals surface area contributed by atoms with Crippen molar-refractivity contribution < 1.29 is 110 Å². The maximum absolute atomic E-state index is 14.3. The third-order valence-electron chi connectivity index (χ3n) is 14.6. The van der Waals surface area contributed by atoms with Crippen molar-refractivity contribution in [3.05, 3.63) is 82.4 Å². The molecule has 430 valence electrons. The first kappa shape index (κ1) is 55.2. The number of anilines is 4. The van der Waals surface area contributed by atoms with E-state index in [1.165, 1.54) is 36.4 Å². The van der Waals surface area contributed by atoms with E-state index < -0.39 is 170 Å². The third kappa shape index (κ3) is 8.38. The molecule has 32 nitrogen and oxygen atoms in total. The summed E-state index contributed by atoms with van der Waals surface area (Å²) in [6.45, 7) is -1.17. The van der Waals surface area contributed by atoms with Gasteiger partial charge in [-0.15, -0.1) is 0 Å². The molecule has 6 aromatic rings. The van der Waals surface area contributed by atoms with Crippen LogP contribution in [0.3, 0.4) is 0 Å². The second kappa shape index (κ2) is 19.3. The summed E-state index contributed by atoms with van der Waals surface area (Å²) in [7, 11) is 1.02. The van der Waals surface area contributed by atoms with Crippen LogP contribution >= 0.6 is 0 Å². The summed E-state index contributed by atoms with van der Waals surface area (Å²) in [5, 5.41) is 161. The third-order valence-corrected chi connectivity index (χ3v) is 14.6. The van der Waals surface area contributed by atoms with E-state index in [0.717, 1.165) is 29.0 Å². The first-order valence-corrected chi connectivity index (χ1v) is 24.4. The first-order valence-electron chi connectivity index (χ1n) is 24.4. The molecule has 82 heavy (non-hydrogen) atoms. The number of benzene rings is 4. The number of nitrogens with two attached hydrogens (primary N) is 2. The summed E-state index contributed by atoms with van der Waals surface area (Å²) in [4.78, 5) is 83.2. The number of ether oxygens (including phenoxy) is 2. The van der Waals surface area contributed by atoms with Crippen molar-refractivity contribution in [1.29, 1.82) is 0 Å². The average molecular weight is 1140 g/mol. The van der Waals surface area contributed by atoms with E-state index in [9.17, 15) is 100 Å². The second-order valence-corrected chi connectivity index (χ2v) is 19.4. The molecule has 0 radical (unpaired) electrons. The van der Waals surface area contributed by atoms with E-state index in [1.54, 1.807) is 0 Å². The zero-order chi connectivity index (χ0) is 59.6. The number of carbonyl (C=O) groups is 6. The molecule has 1 unspecified atom stereocenters. The molecule has 10 rings (SSSR count). The highest BCUT2D eigenvalue weighted by atomic mass is 16.6. The van der Waals surface area contributed by atoms with Gasteiger partial charge in [-0.1, -0.05) is 0 Å². The van der Waals surface area contributed by atoms with Gasteiger partial charge in [0, 0.05) is 66.2 Å². The van der Waals surface area contributed by atoms with Gasteiger partial charge in [0.15, 0.2) is 45.8 Å². The minimum Gasteiger partial charge on any atom is -0.503 e. The molecule has 0 spiro atoms. The van der Waals surface area contributed by atoms with Crippen molar-refractivity contribution in [3.63, 3.8) is 0 Å². The van der Waals surface area contributed by atoms with Gasteiger partial charge in [-0.2, -0.15) is 10.2 Å². The highest BCUT2D eigenvalue weighted by Gasteiger charge is 2.53. The number of hydrogen-bond donors (Lipinski definition) is 16. The molecular formula is C50H48N10O22. The number of primary amides is 2. The number of piperidine rings is 2. The van der Waals surface area contributed by atoms with Gasteiger partial charge >= 0.3 is 0 Å². The molecule has 1 atom stereocenters. The van der Waals surface area contributed by atoms with E-state index in [4.69, 9.17) is 20.9 Å². The van der Waals surface area contributed by atoms with Crippen molar-refractivity contribution in [3.8, 4) is 68.9 Å². The van der Waals surface area contributed by atoms with Gasteiger partial charge in [0.1, 0.15) is 11.4 Å². The van der Waals surface area contributed by atoms with Crippen LogP contribution in [0, 0.1) is 5.92 Å². The fourth-order valence-electron chi connectivity index (χ4n) is 10.5. The summed E-state index contributed by atoms with van der Waals surface area (Å²) in [6.07, 6.45) is -2.26. The molecule has 32 heteroatoms. The topological polar surface area (TPSA) is 505 Å². The predicted octanol–water partition coefficient (Wildman–Crippen LogP) is -1.78. The van der Waals surface area contributed by atoms with Gasteiger partial charge in [0.2, 0.25) is 46.2 Å². The van der Waals surface area contributed by atoms with E-state index in [2.05, 4.69) is 10.2 Å². The van der Waals surface area contributed by atoms with E-state index in [0.29, 0.717) is 19.2 Å². The van der Waals surface area contributed by atoms with Gasteiger partial charge in [-0.25, -0.2) is 9.36 Å². The molecule has 6 amide bonds. The number of aromatic hydroxyl groups is 8. The number of fused-ring (bicyclic) bond motifs is 2. The quantitative estimate of drug-likeness (QED) is 0.0366. The number of phenols is 8. The summed E-state index contributed by atoms with van der Waals surface area (Å²) in [5.74, 6) is -28.1. The number of phenolic OH excluding ortho intramolecular Hbond substituents is 8. The van der Waals surface area contributed by atoms with Crippen molar-refractivity contribution in [2.24, 2.45) is 17.4 Å². The molecule has 0 saturated carbocycles. The number of aliphatic hydroxyl groups is 6. The number of nitrogens with zero attached hydrogens (tertiary/aromatic N) is 8.